The molecule has 1 aliphatic carbocycles. The van der Waals surface area contributed by atoms with E-state index < -0.39 is 0 Å². The molecule has 0 unspecified atom stereocenters. The average Bonchev–Trinajstić information content (AvgIpc) is 2.55. The van der Waals surface area contributed by atoms with Crippen molar-refractivity contribution in [1.82, 2.24) is 0 Å². The van der Waals surface area contributed by atoms with E-state index in [1.165, 1.54) is 11.1 Å². The van der Waals surface area contributed by atoms with Gasteiger partial charge in [-0.05, 0) is 54.9 Å². The minimum atomic E-state index is -0.0882. The first kappa shape index (κ1) is 14.2. The molecule has 0 aromatic heterocycles. The second-order valence-electron chi connectivity index (χ2n) is 5.85. The van der Waals surface area contributed by atoms with Crippen molar-refractivity contribution in [3.63, 3.8) is 0 Å². The first-order chi connectivity index (χ1) is 10.3. The number of aliphatic hydroxyl groups is 1. The van der Waals surface area contributed by atoms with E-state index >= 15 is 0 Å². The Balaban J connectivity index is 1.57. The molecular formula is C19H22O2. The van der Waals surface area contributed by atoms with Crippen molar-refractivity contribution in [3.8, 4) is 5.75 Å². The fourth-order valence-corrected chi connectivity index (χ4v) is 2.99. The van der Waals surface area contributed by atoms with Crippen molar-refractivity contribution >= 4 is 0 Å². The Kier molecular flexibility index (Phi) is 4.56. The molecule has 2 nitrogen and oxygen atoms in total. The molecule has 110 valence electrons. The van der Waals surface area contributed by atoms with Gasteiger partial charge in [-0.3, -0.25) is 0 Å². The Bertz CT molecular complexity index is 540. The summed E-state index contributed by atoms with van der Waals surface area (Å²) in [6.45, 7) is 0.607. The van der Waals surface area contributed by atoms with Crippen LogP contribution in [-0.2, 0) is 6.61 Å². The summed E-state index contributed by atoms with van der Waals surface area (Å²) >= 11 is 0. The molecule has 3 rings (SSSR count). The van der Waals surface area contributed by atoms with Crippen LogP contribution in [0.15, 0.2) is 54.6 Å². The second-order valence-corrected chi connectivity index (χ2v) is 5.85. The van der Waals surface area contributed by atoms with Crippen molar-refractivity contribution in [1.29, 1.82) is 0 Å². The third kappa shape index (κ3) is 3.85. The average molecular weight is 282 g/mol. The van der Waals surface area contributed by atoms with Gasteiger partial charge in [0.2, 0.25) is 0 Å². The fraction of sp³-hybridized carbons (Fsp3) is 0.368. The van der Waals surface area contributed by atoms with Crippen LogP contribution in [0.3, 0.4) is 0 Å². The van der Waals surface area contributed by atoms with Gasteiger partial charge in [-0.2, -0.15) is 0 Å². The van der Waals surface area contributed by atoms with Crippen LogP contribution in [0, 0.1) is 0 Å². The van der Waals surface area contributed by atoms with Gasteiger partial charge < -0.3 is 9.84 Å². The van der Waals surface area contributed by atoms with Crippen LogP contribution >= 0.6 is 0 Å². The van der Waals surface area contributed by atoms with Crippen LogP contribution in [0.1, 0.15) is 42.7 Å². The Morgan fingerprint density at radius 3 is 2.19 bits per heavy atom. The molecule has 0 amide bonds. The van der Waals surface area contributed by atoms with Crippen molar-refractivity contribution < 1.29 is 9.84 Å². The zero-order valence-corrected chi connectivity index (χ0v) is 12.2. The predicted octanol–water partition coefficient (Wildman–Crippen LogP) is 4.28. The van der Waals surface area contributed by atoms with Gasteiger partial charge in [-0.15, -0.1) is 0 Å². The van der Waals surface area contributed by atoms with Gasteiger partial charge >= 0.3 is 0 Å². The first-order valence-electron chi connectivity index (χ1n) is 7.76. The second kappa shape index (κ2) is 6.77. The Labute approximate surface area is 126 Å². The Morgan fingerprint density at radius 1 is 0.857 bits per heavy atom. The van der Waals surface area contributed by atoms with Crippen LogP contribution in [-0.4, -0.2) is 11.2 Å². The van der Waals surface area contributed by atoms with Gasteiger partial charge in [0.1, 0.15) is 12.4 Å². The molecule has 0 saturated heterocycles. The van der Waals surface area contributed by atoms with Crippen LogP contribution in [0.4, 0.5) is 0 Å². The quantitative estimate of drug-likeness (QED) is 0.906. The molecular weight excluding hydrogens is 260 g/mol. The van der Waals surface area contributed by atoms with Crippen LogP contribution in [0.2, 0.25) is 0 Å². The SMILES string of the molecule is O[C@H]1CC[C@H](c2ccc(OCc3ccccc3)cc2)CC1. The lowest BCUT2D eigenvalue weighted by atomic mass is 9.83. The molecule has 1 fully saturated rings. The highest BCUT2D eigenvalue weighted by atomic mass is 16.5. The smallest absolute Gasteiger partial charge is 0.119 e. The number of benzene rings is 2. The maximum atomic E-state index is 9.58. The molecule has 0 heterocycles. The van der Waals surface area contributed by atoms with Crippen molar-refractivity contribution in [3.05, 3.63) is 65.7 Å². The molecule has 2 aromatic carbocycles. The minimum absolute atomic E-state index is 0.0882. The van der Waals surface area contributed by atoms with E-state index in [4.69, 9.17) is 4.74 Å². The van der Waals surface area contributed by atoms with E-state index in [-0.39, 0.29) is 6.10 Å². The van der Waals surface area contributed by atoms with E-state index in [9.17, 15) is 5.11 Å². The summed E-state index contributed by atoms with van der Waals surface area (Å²) in [6.07, 6.45) is 3.94. The van der Waals surface area contributed by atoms with E-state index in [1.807, 2.05) is 18.2 Å². The van der Waals surface area contributed by atoms with E-state index in [1.54, 1.807) is 0 Å². The number of aliphatic hydroxyl groups excluding tert-OH is 1. The highest BCUT2D eigenvalue weighted by molar-refractivity contribution is 5.30. The van der Waals surface area contributed by atoms with E-state index in [0.29, 0.717) is 12.5 Å². The van der Waals surface area contributed by atoms with Gasteiger partial charge in [0.05, 0.1) is 6.10 Å². The molecule has 21 heavy (non-hydrogen) atoms. The lowest BCUT2D eigenvalue weighted by molar-refractivity contribution is 0.122. The maximum Gasteiger partial charge on any atom is 0.119 e. The van der Waals surface area contributed by atoms with Gasteiger partial charge in [-0.25, -0.2) is 0 Å². The summed E-state index contributed by atoms with van der Waals surface area (Å²) in [4.78, 5) is 0. The Hall–Kier alpha value is -1.80. The lowest BCUT2D eigenvalue weighted by Gasteiger charge is -2.25. The summed E-state index contributed by atoms with van der Waals surface area (Å²) < 4.78 is 5.81. The monoisotopic (exact) mass is 282 g/mol. The number of hydrogen-bond donors (Lipinski definition) is 1. The number of hydrogen-bond acceptors (Lipinski definition) is 2. The molecule has 0 radical (unpaired) electrons. The zero-order valence-electron chi connectivity index (χ0n) is 12.2. The highest BCUT2D eigenvalue weighted by Crippen LogP contribution is 2.33. The van der Waals surface area contributed by atoms with E-state index in [0.717, 1.165) is 31.4 Å². The molecule has 2 aromatic rings. The molecule has 2 heteroatoms. The van der Waals surface area contributed by atoms with Gasteiger partial charge in [-0.1, -0.05) is 42.5 Å². The maximum absolute atomic E-state index is 9.58. The van der Waals surface area contributed by atoms with Gasteiger partial charge in [0, 0.05) is 0 Å². The van der Waals surface area contributed by atoms with E-state index in [2.05, 4.69) is 36.4 Å². The van der Waals surface area contributed by atoms with Gasteiger partial charge in [0.25, 0.3) is 0 Å². The number of ether oxygens (including phenoxy) is 1. The molecule has 0 spiro atoms. The van der Waals surface area contributed by atoms with Crippen LogP contribution in [0.5, 0.6) is 5.75 Å². The first-order valence-corrected chi connectivity index (χ1v) is 7.76. The van der Waals surface area contributed by atoms with Crippen molar-refractivity contribution in [2.45, 2.75) is 44.3 Å². The summed E-state index contributed by atoms with van der Waals surface area (Å²) in [7, 11) is 0. The molecule has 0 atom stereocenters. The van der Waals surface area contributed by atoms with Crippen molar-refractivity contribution in [2.75, 3.05) is 0 Å². The lowest BCUT2D eigenvalue weighted by Crippen LogP contribution is -2.16. The summed E-state index contributed by atoms with van der Waals surface area (Å²) in [6, 6.07) is 18.7. The van der Waals surface area contributed by atoms with Crippen LogP contribution in [0.25, 0.3) is 0 Å². The zero-order chi connectivity index (χ0) is 14.5. The van der Waals surface area contributed by atoms with Crippen molar-refractivity contribution in [2.24, 2.45) is 0 Å². The molecule has 0 aliphatic heterocycles. The standard InChI is InChI=1S/C19H22O2/c20-18-10-6-16(7-11-18)17-8-12-19(13-9-17)21-14-15-4-2-1-3-5-15/h1-5,8-9,12-13,16,18,20H,6-7,10-11,14H2/t16-,18-. The molecule has 1 saturated carbocycles. The van der Waals surface area contributed by atoms with Gasteiger partial charge in [0.15, 0.2) is 0 Å². The highest BCUT2D eigenvalue weighted by Gasteiger charge is 2.20. The molecule has 1 N–H and O–H groups in total. The fourth-order valence-electron chi connectivity index (χ4n) is 2.99. The summed E-state index contributed by atoms with van der Waals surface area (Å²) in [5.74, 6) is 1.51. The number of rotatable bonds is 4. The normalized spacial score (nSPS) is 22.0. The predicted molar refractivity (Wildman–Crippen MR) is 84.4 cm³/mol. The third-order valence-corrected chi connectivity index (χ3v) is 4.30. The topological polar surface area (TPSA) is 29.5 Å². The van der Waals surface area contributed by atoms with Crippen LogP contribution < -0.4 is 4.74 Å². The molecule has 1 aliphatic rings. The Morgan fingerprint density at radius 2 is 1.52 bits per heavy atom. The molecule has 0 bridgehead atoms. The summed E-state index contributed by atoms with van der Waals surface area (Å²) in [5, 5.41) is 9.58. The third-order valence-electron chi connectivity index (χ3n) is 4.30. The minimum Gasteiger partial charge on any atom is -0.489 e. The summed E-state index contributed by atoms with van der Waals surface area (Å²) in [5.41, 5.74) is 2.55. The largest absolute Gasteiger partial charge is 0.489 e.